The van der Waals surface area contributed by atoms with Gasteiger partial charge in [0, 0.05) is 19.2 Å². The minimum absolute atomic E-state index is 0.298. The fourth-order valence-corrected chi connectivity index (χ4v) is 1.84. The summed E-state index contributed by atoms with van der Waals surface area (Å²) in [7, 11) is 0. The van der Waals surface area contributed by atoms with E-state index in [4.69, 9.17) is 10.8 Å². The summed E-state index contributed by atoms with van der Waals surface area (Å²) >= 11 is 0. The van der Waals surface area contributed by atoms with Crippen LogP contribution >= 0.6 is 0 Å². The maximum atomic E-state index is 8.66. The maximum Gasteiger partial charge on any atom is 0.0431 e. The molecule has 4 N–H and O–H groups in total. The van der Waals surface area contributed by atoms with E-state index in [2.05, 4.69) is 12.2 Å². The molecule has 0 bridgehead atoms. The van der Waals surface area contributed by atoms with Gasteiger partial charge in [-0.25, -0.2) is 0 Å². The van der Waals surface area contributed by atoms with Crippen LogP contribution in [0.4, 0.5) is 0 Å². The average molecular weight is 230 g/mol. The Morgan fingerprint density at radius 1 is 1.06 bits per heavy atom. The number of nitrogens with two attached hydrogens (primary N) is 1. The minimum Gasteiger partial charge on any atom is -0.396 e. The summed E-state index contributed by atoms with van der Waals surface area (Å²) in [6, 6.07) is 0.473. The zero-order valence-electron chi connectivity index (χ0n) is 10.9. The molecule has 0 aliphatic carbocycles. The smallest absolute Gasteiger partial charge is 0.0431 e. The normalized spacial score (nSPS) is 12.9. The molecule has 1 unspecified atom stereocenters. The first-order chi connectivity index (χ1) is 7.85. The van der Waals surface area contributed by atoms with E-state index >= 15 is 0 Å². The first-order valence-electron chi connectivity index (χ1n) is 6.89. The van der Waals surface area contributed by atoms with Crippen LogP contribution in [0.2, 0.25) is 0 Å². The van der Waals surface area contributed by atoms with Crippen LogP contribution in [0.5, 0.6) is 0 Å². The molecule has 0 saturated heterocycles. The van der Waals surface area contributed by atoms with E-state index in [1.807, 2.05) is 0 Å². The largest absolute Gasteiger partial charge is 0.396 e. The van der Waals surface area contributed by atoms with Gasteiger partial charge in [0.15, 0.2) is 0 Å². The highest BCUT2D eigenvalue weighted by atomic mass is 16.2. The molecule has 0 aromatic rings. The van der Waals surface area contributed by atoms with E-state index in [1.165, 1.54) is 38.5 Å². The first kappa shape index (κ1) is 15.9. The molecule has 0 radical (unpaired) electrons. The minimum atomic E-state index is 0.298. The number of rotatable bonds is 12. The van der Waals surface area contributed by atoms with Crippen LogP contribution in [0, 0.1) is 0 Å². The highest BCUT2D eigenvalue weighted by Crippen LogP contribution is 2.06. The van der Waals surface area contributed by atoms with Crippen molar-refractivity contribution in [1.29, 1.82) is 0 Å². The van der Waals surface area contributed by atoms with Gasteiger partial charge >= 0.3 is 0 Å². The SMILES string of the molecule is CCCCCCCC(CN)NCCCCO. The van der Waals surface area contributed by atoms with Crippen LogP contribution in [0.1, 0.15) is 58.3 Å². The zero-order valence-corrected chi connectivity index (χ0v) is 10.9. The summed E-state index contributed by atoms with van der Waals surface area (Å²) in [6.07, 6.45) is 9.77. The molecule has 0 aromatic carbocycles. The van der Waals surface area contributed by atoms with Gasteiger partial charge in [-0.3, -0.25) is 0 Å². The van der Waals surface area contributed by atoms with Crippen LogP contribution in [0.3, 0.4) is 0 Å². The fourth-order valence-electron chi connectivity index (χ4n) is 1.84. The van der Waals surface area contributed by atoms with Crippen molar-refractivity contribution in [3.63, 3.8) is 0 Å². The third-order valence-corrected chi connectivity index (χ3v) is 2.96. The standard InChI is InChI=1S/C13H30N2O/c1-2-3-4-5-6-9-13(12-14)15-10-7-8-11-16/h13,15-16H,2-12,14H2,1H3. The van der Waals surface area contributed by atoms with Crippen molar-refractivity contribution >= 4 is 0 Å². The predicted molar refractivity (Wildman–Crippen MR) is 70.5 cm³/mol. The van der Waals surface area contributed by atoms with Crippen molar-refractivity contribution in [2.24, 2.45) is 5.73 Å². The van der Waals surface area contributed by atoms with E-state index in [-0.39, 0.29) is 0 Å². The number of nitrogens with one attached hydrogen (secondary N) is 1. The average Bonchev–Trinajstić information content (AvgIpc) is 2.31. The third-order valence-electron chi connectivity index (χ3n) is 2.96. The molecule has 0 fully saturated rings. The molecular formula is C13H30N2O. The Bertz CT molecular complexity index is 131. The topological polar surface area (TPSA) is 58.3 Å². The quantitative estimate of drug-likeness (QED) is 0.450. The van der Waals surface area contributed by atoms with Crippen molar-refractivity contribution in [1.82, 2.24) is 5.32 Å². The number of aliphatic hydroxyl groups excluding tert-OH is 1. The van der Waals surface area contributed by atoms with Gasteiger partial charge in [-0.2, -0.15) is 0 Å². The highest BCUT2D eigenvalue weighted by Gasteiger charge is 2.04. The van der Waals surface area contributed by atoms with Crippen LogP contribution < -0.4 is 11.1 Å². The molecule has 0 aliphatic heterocycles. The van der Waals surface area contributed by atoms with Crippen molar-refractivity contribution in [3.05, 3.63) is 0 Å². The highest BCUT2D eigenvalue weighted by molar-refractivity contribution is 4.67. The Kier molecular flexibility index (Phi) is 12.9. The van der Waals surface area contributed by atoms with Crippen molar-refractivity contribution in [2.45, 2.75) is 64.3 Å². The number of hydrogen-bond acceptors (Lipinski definition) is 3. The van der Waals surface area contributed by atoms with Gasteiger partial charge in [0.05, 0.1) is 0 Å². The molecule has 1 atom stereocenters. The van der Waals surface area contributed by atoms with Crippen molar-refractivity contribution in [3.8, 4) is 0 Å². The summed E-state index contributed by atoms with van der Waals surface area (Å²) in [5, 5.41) is 12.1. The lowest BCUT2D eigenvalue weighted by Crippen LogP contribution is -2.36. The Hall–Kier alpha value is -0.120. The first-order valence-corrected chi connectivity index (χ1v) is 6.89. The molecule has 0 aliphatic rings. The molecule has 0 heterocycles. The predicted octanol–water partition coefficient (Wildman–Crippen LogP) is 2.04. The lowest BCUT2D eigenvalue weighted by molar-refractivity contribution is 0.282. The van der Waals surface area contributed by atoms with Crippen LogP contribution in [-0.4, -0.2) is 30.8 Å². The summed E-state index contributed by atoms with van der Waals surface area (Å²) in [4.78, 5) is 0. The Morgan fingerprint density at radius 3 is 2.44 bits per heavy atom. The van der Waals surface area contributed by atoms with Crippen molar-refractivity contribution < 1.29 is 5.11 Å². The molecule has 0 spiro atoms. The zero-order chi connectivity index (χ0) is 12.1. The van der Waals surface area contributed by atoms with Gasteiger partial charge in [-0.15, -0.1) is 0 Å². The number of hydrogen-bond donors (Lipinski definition) is 3. The fraction of sp³-hybridized carbons (Fsp3) is 1.00. The molecule has 0 saturated carbocycles. The molecule has 3 heteroatoms. The molecule has 98 valence electrons. The van der Waals surface area contributed by atoms with E-state index < -0.39 is 0 Å². The number of unbranched alkanes of at least 4 members (excludes halogenated alkanes) is 5. The lowest BCUT2D eigenvalue weighted by atomic mass is 10.1. The number of aliphatic hydroxyl groups is 1. The van der Waals surface area contributed by atoms with E-state index in [0.29, 0.717) is 12.6 Å². The molecule has 0 aromatic heterocycles. The van der Waals surface area contributed by atoms with Gasteiger partial charge in [-0.05, 0) is 25.8 Å². The molecule has 0 amide bonds. The second-order valence-corrected chi connectivity index (χ2v) is 4.52. The van der Waals surface area contributed by atoms with Crippen LogP contribution in [0.15, 0.2) is 0 Å². The van der Waals surface area contributed by atoms with Gasteiger partial charge < -0.3 is 16.2 Å². The maximum absolute atomic E-state index is 8.66. The van der Waals surface area contributed by atoms with E-state index in [9.17, 15) is 0 Å². The van der Waals surface area contributed by atoms with Crippen LogP contribution in [-0.2, 0) is 0 Å². The monoisotopic (exact) mass is 230 g/mol. The van der Waals surface area contributed by atoms with Gasteiger partial charge in [-0.1, -0.05) is 39.0 Å². The molecule has 3 nitrogen and oxygen atoms in total. The second-order valence-electron chi connectivity index (χ2n) is 4.52. The van der Waals surface area contributed by atoms with Gasteiger partial charge in [0.1, 0.15) is 0 Å². The van der Waals surface area contributed by atoms with E-state index in [1.54, 1.807) is 0 Å². The summed E-state index contributed by atoms with van der Waals surface area (Å²) in [5.41, 5.74) is 5.72. The molecule has 0 rings (SSSR count). The van der Waals surface area contributed by atoms with E-state index in [0.717, 1.165) is 25.9 Å². The second kappa shape index (κ2) is 12.9. The van der Waals surface area contributed by atoms with Crippen molar-refractivity contribution in [2.75, 3.05) is 19.7 Å². The summed E-state index contributed by atoms with van der Waals surface area (Å²) in [6.45, 7) is 4.25. The molecular weight excluding hydrogens is 200 g/mol. The van der Waals surface area contributed by atoms with Gasteiger partial charge in [0.2, 0.25) is 0 Å². The Morgan fingerprint density at radius 2 is 1.81 bits per heavy atom. The van der Waals surface area contributed by atoms with Gasteiger partial charge in [0.25, 0.3) is 0 Å². The third kappa shape index (κ3) is 10.4. The lowest BCUT2D eigenvalue weighted by Gasteiger charge is -2.16. The Labute approximate surface area is 101 Å². The molecule has 16 heavy (non-hydrogen) atoms. The summed E-state index contributed by atoms with van der Waals surface area (Å²) < 4.78 is 0. The Balaban J connectivity index is 3.29. The summed E-state index contributed by atoms with van der Waals surface area (Å²) in [5.74, 6) is 0. The van der Waals surface area contributed by atoms with Crippen LogP contribution in [0.25, 0.3) is 0 Å².